The van der Waals surface area contributed by atoms with E-state index in [1.54, 1.807) is 6.20 Å². The van der Waals surface area contributed by atoms with Gasteiger partial charge in [-0.1, -0.05) is 5.16 Å². The highest BCUT2D eigenvalue weighted by molar-refractivity contribution is 5.84. The summed E-state index contributed by atoms with van der Waals surface area (Å²) in [6, 6.07) is 3.76. The monoisotopic (exact) mass is 293 g/mol. The summed E-state index contributed by atoms with van der Waals surface area (Å²) in [5.41, 5.74) is 5.67. The number of hydrogen-bond acceptors (Lipinski definition) is 6. The van der Waals surface area contributed by atoms with Crippen molar-refractivity contribution in [2.45, 2.75) is 19.9 Å². The molecule has 0 bridgehead atoms. The molecule has 0 radical (unpaired) electrons. The minimum atomic E-state index is -0.0627. The van der Waals surface area contributed by atoms with Crippen LogP contribution < -0.4 is 15.4 Å². The second kappa shape index (κ2) is 7.12. The lowest BCUT2D eigenvalue weighted by atomic mass is 10.2. The number of hydrogen-bond donors (Lipinski definition) is 2. The third kappa shape index (κ3) is 3.55. The molecule has 7 heteroatoms. The van der Waals surface area contributed by atoms with Crippen LogP contribution in [0.1, 0.15) is 13.8 Å². The SMILES string of the molecule is CCOc1cccnc1N1CCN(C(C)/C(N)=N/O)CC1. The maximum Gasteiger partial charge on any atom is 0.171 e. The second-order valence-corrected chi connectivity index (χ2v) is 4.98. The molecule has 3 N–H and O–H groups in total. The van der Waals surface area contributed by atoms with Gasteiger partial charge in [0.15, 0.2) is 17.4 Å². The van der Waals surface area contributed by atoms with E-state index < -0.39 is 0 Å². The predicted octanol–water partition coefficient (Wildman–Crippen LogP) is 0.737. The average Bonchev–Trinajstić information content (AvgIpc) is 2.54. The molecule has 21 heavy (non-hydrogen) atoms. The molecule has 2 heterocycles. The van der Waals surface area contributed by atoms with Crippen LogP contribution in [0.15, 0.2) is 23.5 Å². The number of rotatable bonds is 5. The van der Waals surface area contributed by atoms with E-state index in [9.17, 15) is 0 Å². The van der Waals surface area contributed by atoms with Crippen molar-refractivity contribution in [3.05, 3.63) is 18.3 Å². The lowest BCUT2D eigenvalue weighted by Gasteiger charge is -2.38. The van der Waals surface area contributed by atoms with Crippen molar-refractivity contribution >= 4 is 11.7 Å². The lowest BCUT2D eigenvalue weighted by molar-refractivity contribution is 0.229. The van der Waals surface area contributed by atoms with Crippen molar-refractivity contribution in [1.82, 2.24) is 9.88 Å². The zero-order chi connectivity index (χ0) is 15.2. The Hall–Kier alpha value is -2.02. The molecule has 1 aliphatic heterocycles. The van der Waals surface area contributed by atoms with E-state index in [0.717, 1.165) is 37.7 Å². The van der Waals surface area contributed by atoms with Crippen molar-refractivity contribution in [2.75, 3.05) is 37.7 Å². The summed E-state index contributed by atoms with van der Waals surface area (Å²) in [4.78, 5) is 8.83. The van der Waals surface area contributed by atoms with E-state index in [-0.39, 0.29) is 11.9 Å². The number of aromatic nitrogens is 1. The molecule has 1 fully saturated rings. The summed E-state index contributed by atoms with van der Waals surface area (Å²) in [6.07, 6.45) is 1.78. The van der Waals surface area contributed by atoms with Crippen molar-refractivity contribution in [3.8, 4) is 5.75 Å². The Balaban J connectivity index is 2.01. The fraction of sp³-hybridized carbons (Fsp3) is 0.571. The first kappa shape index (κ1) is 15.4. The predicted molar refractivity (Wildman–Crippen MR) is 82.1 cm³/mol. The van der Waals surface area contributed by atoms with E-state index in [1.165, 1.54) is 0 Å². The first-order valence-electron chi connectivity index (χ1n) is 7.21. The largest absolute Gasteiger partial charge is 0.490 e. The number of anilines is 1. The van der Waals surface area contributed by atoms with Crippen molar-refractivity contribution in [2.24, 2.45) is 10.9 Å². The van der Waals surface area contributed by atoms with Gasteiger partial charge in [-0.2, -0.15) is 0 Å². The topological polar surface area (TPSA) is 87.2 Å². The van der Waals surface area contributed by atoms with E-state index in [1.807, 2.05) is 26.0 Å². The Morgan fingerprint density at radius 3 is 2.81 bits per heavy atom. The molecule has 1 aromatic heterocycles. The van der Waals surface area contributed by atoms with Crippen LogP contribution in [-0.2, 0) is 0 Å². The molecule has 1 saturated heterocycles. The first-order chi connectivity index (χ1) is 10.2. The molecule has 116 valence electrons. The Labute approximate surface area is 125 Å². The van der Waals surface area contributed by atoms with Crippen molar-refractivity contribution in [1.29, 1.82) is 0 Å². The summed E-state index contributed by atoms with van der Waals surface area (Å²) in [7, 11) is 0. The molecule has 7 nitrogen and oxygen atoms in total. The van der Waals surface area contributed by atoms with Gasteiger partial charge in [-0.25, -0.2) is 4.98 Å². The van der Waals surface area contributed by atoms with Gasteiger partial charge >= 0.3 is 0 Å². The molecule has 1 unspecified atom stereocenters. The number of pyridine rings is 1. The van der Waals surface area contributed by atoms with Gasteiger partial charge < -0.3 is 20.6 Å². The quantitative estimate of drug-likeness (QED) is 0.360. The Morgan fingerprint density at radius 2 is 2.19 bits per heavy atom. The smallest absolute Gasteiger partial charge is 0.171 e. The van der Waals surface area contributed by atoms with Crippen LogP contribution in [0.3, 0.4) is 0 Å². The maximum absolute atomic E-state index is 8.76. The summed E-state index contributed by atoms with van der Waals surface area (Å²) in [5.74, 6) is 1.95. The second-order valence-electron chi connectivity index (χ2n) is 4.98. The minimum absolute atomic E-state index is 0.0627. The molecule has 2 rings (SSSR count). The van der Waals surface area contributed by atoms with Gasteiger partial charge in [0.25, 0.3) is 0 Å². The number of piperazine rings is 1. The highest BCUT2D eigenvalue weighted by atomic mass is 16.5. The molecule has 0 spiro atoms. The zero-order valence-electron chi connectivity index (χ0n) is 12.6. The Bertz CT molecular complexity index is 486. The minimum Gasteiger partial charge on any atom is -0.490 e. The van der Waals surface area contributed by atoms with E-state index in [4.69, 9.17) is 15.7 Å². The van der Waals surface area contributed by atoms with Crippen LogP contribution in [0.2, 0.25) is 0 Å². The normalized spacial score (nSPS) is 18.6. The summed E-state index contributed by atoms with van der Waals surface area (Å²) >= 11 is 0. The lowest BCUT2D eigenvalue weighted by Crippen LogP contribution is -2.53. The average molecular weight is 293 g/mol. The van der Waals surface area contributed by atoms with Gasteiger partial charge in [0.2, 0.25) is 0 Å². The van der Waals surface area contributed by atoms with Gasteiger partial charge in [0.1, 0.15) is 0 Å². The summed E-state index contributed by atoms with van der Waals surface area (Å²) in [6.45, 7) is 7.86. The molecule has 1 aromatic rings. The maximum atomic E-state index is 8.76. The third-order valence-corrected chi connectivity index (χ3v) is 3.76. The standard InChI is InChI=1S/C14H23N5O2/c1-3-21-12-5-4-6-16-14(12)19-9-7-18(8-10-19)11(2)13(15)17-20/h4-6,11,20H,3,7-10H2,1-2H3,(H2,15,17). The third-order valence-electron chi connectivity index (χ3n) is 3.76. The number of amidine groups is 1. The van der Waals surface area contributed by atoms with E-state index in [0.29, 0.717) is 6.61 Å². The molecular formula is C14H23N5O2. The molecule has 0 amide bonds. The molecule has 1 atom stereocenters. The summed E-state index contributed by atoms with van der Waals surface area (Å²) in [5, 5.41) is 11.8. The highest BCUT2D eigenvalue weighted by Crippen LogP contribution is 2.26. The van der Waals surface area contributed by atoms with Crippen LogP contribution in [0.4, 0.5) is 5.82 Å². The van der Waals surface area contributed by atoms with Gasteiger partial charge in [0, 0.05) is 32.4 Å². The molecule has 1 aliphatic rings. The highest BCUT2D eigenvalue weighted by Gasteiger charge is 2.25. The van der Waals surface area contributed by atoms with Gasteiger partial charge in [-0.3, -0.25) is 4.90 Å². The molecule has 0 saturated carbocycles. The fourth-order valence-corrected chi connectivity index (χ4v) is 2.48. The van der Waals surface area contributed by atoms with Crippen molar-refractivity contribution < 1.29 is 9.94 Å². The fourth-order valence-electron chi connectivity index (χ4n) is 2.48. The van der Waals surface area contributed by atoms with Gasteiger partial charge in [-0.05, 0) is 26.0 Å². The number of oxime groups is 1. The molecule has 0 aliphatic carbocycles. The Morgan fingerprint density at radius 1 is 1.48 bits per heavy atom. The van der Waals surface area contributed by atoms with Crippen LogP contribution in [-0.4, -0.2) is 59.8 Å². The summed E-state index contributed by atoms with van der Waals surface area (Å²) < 4.78 is 5.63. The number of ether oxygens (including phenoxy) is 1. The van der Waals surface area contributed by atoms with Crippen molar-refractivity contribution in [3.63, 3.8) is 0 Å². The van der Waals surface area contributed by atoms with Crippen LogP contribution in [0, 0.1) is 0 Å². The zero-order valence-corrected chi connectivity index (χ0v) is 12.6. The van der Waals surface area contributed by atoms with Crippen LogP contribution >= 0.6 is 0 Å². The molecular weight excluding hydrogens is 270 g/mol. The Kier molecular flexibility index (Phi) is 5.21. The van der Waals surface area contributed by atoms with E-state index >= 15 is 0 Å². The number of nitrogens with two attached hydrogens (primary N) is 1. The van der Waals surface area contributed by atoms with Crippen LogP contribution in [0.5, 0.6) is 5.75 Å². The first-order valence-corrected chi connectivity index (χ1v) is 7.21. The van der Waals surface area contributed by atoms with Gasteiger partial charge in [-0.15, -0.1) is 0 Å². The number of nitrogens with zero attached hydrogens (tertiary/aromatic N) is 4. The molecule has 0 aromatic carbocycles. The van der Waals surface area contributed by atoms with Crippen LogP contribution in [0.25, 0.3) is 0 Å². The van der Waals surface area contributed by atoms with Gasteiger partial charge in [0.05, 0.1) is 12.6 Å². The van der Waals surface area contributed by atoms with E-state index in [2.05, 4.69) is 19.9 Å².